The third-order valence-corrected chi connectivity index (χ3v) is 9.86. The number of hydrogen-bond acceptors (Lipinski definition) is 4. The fourth-order valence-electron chi connectivity index (χ4n) is 5.20. The molecule has 0 aromatic carbocycles. The highest BCUT2D eigenvalue weighted by Crippen LogP contribution is 2.23. The van der Waals surface area contributed by atoms with Crippen molar-refractivity contribution in [3.63, 3.8) is 0 Å². The Morgan fingerprint density at radius 2 is 0.417 bits per heavy atom. The van der Waals surface area contributed by atoms with Gasteiger partial charge in [0.1, 0.15) is 0 Å². The molecule has 0 aliphatic carbocycles. The summed E-state index contributed by atoms with van der Waals surface area (Å²) < 4.78 is 0. The zero-order valence-electron chi connectivity index (χ0n) is 24.2. The summed E-state index contributed by atoms with van der Waals surface area (Å²) in [7, 11) is 0. The van der Waals surface area contributed by atoms with Gasteiger partial charge in [-0.15, -0.1) is 0 Å². The topological polar surface area (TPSA) is 0 Å². The summed E-state index contributed by atoms with van der Waals surface area (Å²) in [5.41, 5.74) is 0. The van der Waals surface area contributed by atoms with Gasteiger partial charge in [-0.3, -0.25) is 0 Å². The van der Waals surface area contributed by atoms with Crippen molar-refractivity contribution in [2.24, 2.45) is 0 Å². The van der Waals surface area contributed by atoms with Gasteiger partial charge < -0.3 is 0 Å². The normalized spacial score (nSPS) is 13.3. The fourth-order valence-corrected chi connectivity index (χ4v) is 6.31. The standard InChI is InChI=1S/C32H66S4/c33-29-25-21-17-13-9-5-1-3-7-11-15-19-23-27-31(35)32(36)28-24-20-16-12-8-4-2-6-10-14-18-22-26-30-34/h31-36H,1-30H2/t31-,32-/m1/s1. The molecule has 0 spiro atoms. The highest BCUT2D eigenvalue weighted by molar-refractivity contribution is 7.85. The quantitative estimate of drug-likeness (QED) is 0.0456. The van der Waals surface area contributed by atoms with E-state index in [2.05, 4.69) is 25.3 Å². The van der Waals surface area contributed by atoms with E-state index in [9.17, 15) is 0 Å². The van der Waals surface area contributed by atoms with Crippen molar-refractivity contribution in [3.05, 3.63) is 0 Å². The summed E-state index contributed by atoms with van der Waals surface area (Å²) in [6.07, 6.45) is 39.1. The second-order valence-corrected chi connectivity index (χ2v) is 13.6. The number of thiol groups is 4. The lowest BCUT2D eigenvalue weighted by molar-refractivity contribution is 0.521. The van der Waals surface area contributed by atoms with Crippen LogP contribution >= 0.6 is 50.5 Å². The maximum absolute atomic E-state index is 4.88. The van der Waals surface area contributed by atoms with E-state index in [4.69, 9.17) is 25.3 Å². The third kappa shape index (κ3) is 29.9. The molecule has 0 unspecified atom stereocenters. The Balaban J connectivity index is 3.27. The fraction of sp³-hybridized carbons (Fsp3) is 1.00. The van der Waals surface area contributed by atoms with Crippen LogP contribution < -0.4 is 0 Å². The van der Waals surface area contributed by atoms with E-state index in [-0.39, 0.29) is 0 Å². The molecule has 0 amide bonds. The van der Waals surface area contributed by atoms with E-state index in [0.29, 0.717) is 10.5 Å². The van der Waals surface area contributed by atoms with Crippen LogP contribution in [0.5, 0.6) is 0 Å². The van der Waals surface area contributed by atoms with Crippen molar-refractivity contribution < 1.29 is 0 Å². The maximum Gasteiger partial charge on any atom is 0.0133 e. The van der Waals surface area contributed by atoms with Crippen molar-refractivity contribution in [3.8, 4) is 0 Å². The first-order valence-corrected chi connectivity index (χ1v) is 18.6. The predicted octanol–water partition coefficient (Wildman–Crippen LogP) is 12.4. The predicted molar refractivity (Wildman–Crippen MR) is 183 cm³/mol. The molecular formula is C32H66S4. The third-order valence-electron chi connectivity index (χ3n) is 7.76. The Bertz CT molecular complexity index is 354. The van der Waals surface area contributed by atoms with E-state index in [1.54, 1.807) is 0 Å². The summed E-state index contributed by atoms with van der Waals surface area (Å²) in [6.45, 7) is 0. The number of hydrogen-bond donors (Lipinski definition) is 4. The highest BCUT2D eigenvalue weighted by atomic mass is 32.1. The Kier molecular flexibility index (Phi) is 33.9. The summed E-state index contributed by atoms with van der Waals surface area (Å²) in [6, 6.07) is 0. The van der Waals surface area contributed by atoms with Gasteiger partial charge in [0.15, 0.2) is 0 Å². The van der Waals surface area contributed by atoms with Gasteiger partial charge in [-0.2, -0.15) is 50.5 Å². The summed E-state index contributed by atoms with van der Waals surface area (Å²) >= 11 is 18.3. The van der Waals surface area contributed by atoms with Crippen LogP contribution in [0.4, 0.5) is 0 Å². The van der Waals surface area contributed by atoms with E-state index >= 15 is 0 Å². The van der Waals surface area contributed by atoms with Gasteiger partial charge in [-0.05, 0) is 37.2 Å². The van der Waals surface area contributed by atoms with Crippen LogP contribution in [0.15, 0.2) is 0 Å². The minimum absolute atomic E-state index is 0.485. The smallest absolute Gasteiger partial charge is 0.0133 e. The number of unbranched alkanes of at least 4 members (excludes halogenated alkanes) is 24. The molecule has 36 heavy (non-hydrogen) atoms. The van der Waals surface area contributed by atoms with E-state index < -0.39 is 0 Å². The molecule has 0 radical (unpaired) electrons. The van der Waals surface area contributed by atoms with Crippen LogP contribution in [0.25, 0.3) is 0 Å². The second kappa shape index (κ2) is 32.6. The van der Waals surface area contributed by atoms with Gasteiger partial charge in [0.2, 0.25) is 0 Å². The SMILES string of the molecule is SCCCCCCCCCCCCCCC[C@@H](S)[C@H](S)CCCCCCCCCCCCCCCS. The van der Waals surface area contributed by atoms with Crippen molar-refractivity contribution in [1.82, 2.24) is 0 Å². The summed E-state index contributed by atoms with van der Waals surface area (Å²) in [5, 5.41) is 0.970. The van der Waals surface area contributed by atoms with Gasteiger partial charge in [-0.1, -0.05) is 154 Å². The Labute approximate surface area is 251 Å². The first-order chi connectivity index (χ1) is 17.7. The van der Waals surface area contributed by atoms with Crippen molar-refractivity contribution >= 4 is 50.5 Å². The van der Waals surface area contributed by atoms with Crippen LogP contribution in [0, 0.1) is 0 Å². The summed E-state index contributed by atoms with van der Waals surface area (Å²) in [4.78, 5) is 0. The van der Waals surface area contributed by atoms with E-state index in [1.807, 2.05) is 0 Å². The monoisotopic (exact) mass is 578 g/mol. The van der Waals surface area contributed by atoms with Gasteiger partial charge >= 0.3 is 0 Å². The van der Waals surface area contributed by atoms with Crippen LogP contribution in [-0.2, 0) is 0 Å². The lowest BCUT2D eigenvalue weighted by Crippen LogP contribution is -2.15. The molecule has 0 fully saturated rings. The van der Waals surface area contributed by atoms with Gasteiger partial charge in [-0.25, -0.2) is 0 Å². The molecule has 0 aliphatic rings. The molecule has 0 saturated carbocycles. The zero-order chi connectivity index (χ0) is 26.4. The molecule has 2 atom stereocenters. The van der Waals surface area contributed by atoms with Gasteiger partial charge in [0, 0.05) is 10.5 Å². The van der Waals surface area contributed by atoms with Crippen molar-refractivity contribution in [2.75, 3.05) is 11.5 Å². The van der Waals surface area contributed by atoms with Gasteiger partial charge in [0.05, 0.1) is 0 Å². The lowest BCUT2D eigenvalue weighted by atomic mass is 10.0. The van der Waals surface area contributed by atoms with Gasteiger partial charge in [0.25, 0.3) is 0 Å². The molecule has 0 heterocycles. The second-order valence-electron chi connectivity index (χ2n) is 11.4. The Morgan fingerprint density at radius 1 is 0.250 bits per heavy atom. The highest BCUT2D eigenvalue weighted by Gasteiger charge is 2.13. The van der Waals surface area contributed by atoms with E-state index in [0.717, 1.165) is 11.5 Å². The Morgan fingerprint density at radius 3 is 0.611 bits per heavy atom. The molecule has 0 aliphatic heterocycles. The molecule has 0 rings (SSSR count). The molecule has 0 bridgehead atoms. The molecule has 0 aromatic heterocycles. The average molecular weight is 579 g/mol. The van der Waals surface area contributed by atoms with Crippen molar-refractivity contribution in [2.45, 2.75) is 190 Å². The molecule has 218 valence electrons. The first kappa shape index (κ1) is 37.4. The lowest BCUT2D eigenvalue weighted by Gasteiger charge is -2.18. The van der Waals surface area contributed by atoms with Crippen LogP contribution in [0.3, 0.4) is 0 Å². The van der Waals surface area contributed by atoms with Crippen LogP contribution in [-0.4, -0.2) is 22.0 Å². The van der Waals surface area contributed by atoms with Crippen LogP contribution in [0.2, 0.25) is 0 Å². The summed E-state index contributed by atoms with van der Waals surface area (Å²) in [5.74, 6) is 2.12. The largest absolute Gasteiger partial charge is 0.179 e. The first-order valence-electron chi connectivity index (χ1n) is 16.3. The molecule has 0 N–H and O–H groups in total. The van der Waals surface area contributed by atoms with Crippen LogP contribution in [0.1, 0.15) is 180 Å². The number of rotatable bonds is 31. The molecule has 0 nitrogen and oxygen atoms in total. The van der Waals surface area contributed by atoms with E-state index in [1.165, 1.54) is 180 Å². The molecule has 0 saturated heterocycles. The minimum atomic E-state index is 0.485. The molecule has 4 heteroatoms. The van der Waals surface area contributed by atoms with Crippen molar-refractivity contribution in [1.29, 1.82) is 0 Å². The molecule has 0 aromatic rings. The Hall–Kier alpha value is 1.40. The zero-order valence-corrected chi connectivity index (χ0v) is 27.7. The maximum atomic E-state index is 4.88. The molecular weight excluding hydrogens is 513 g/mol. The average Bonchev–Trinajstić information content (AvgIpc) is 2.88. The minimum Gasteiger partial charge on any atom is -0.179 e.